The van der Waals surface area contributed by atoms with Gasteiger partial charge >= 0.3 is 0 Å². The largest absolute Gasteiger partial charge is 0.325 e. The van der Waals surface area contributed by atoms with E-state index in [4.69, 9.17) is 0 Å². The predicted molar refractivity (Wildman–Crippen MR) is 119 cm³/mol. The van der Waals surface area contributed by atoms with E-state index >= 15 is 0 Å². The van der Waals surface area contributed by atoms with Crippen LogP contribution in [0.4, 0.5) is 20.9 Å². The summed E-state index contributed by atoms with van der Waals surface area (Å²) in [7, 11) is 0. The maximum atomic E-state index is 12.9. The number of hydrogen-bond acceptors (Lipinski definition) is 7. The van der Waals surface area contributed by atoms with Gasteiger partial charge in [-0.2, -0.15) is 0 Å². The first-order valence-corrected chi connectivity index (χ1v) is 11.0. The second kappa shape index (κ2) is 10.6. The molecule has 0 atom stereocenters. The summed E-state index contributed by atoms with van der Waals surface area (Å²) in [6.45, 7) is 0. The summed E-state index contributed by atoms with van der Waals surface area (Å²) in [5.74, 6) is -0.154. The smallest absolute Gasteiger partial charge is 0.269 e. The zero-order valence-corrected chi connectivity index (χ0v) is 17.7. The Bertz CT molecular complexity index is 1070. The number of carbonyl (C=O) groups is 2. The van der Waals surface area contributed by atoms with Gasteiger partial charge in [0.1, 0.15) is 5.82 Å². The van der Waals surface area contributed by atoms with Crippen LogP contribution < -0.4 is 10.6 Å². The summed E-state index contributed by atoms with van der Waals surface area (Å²) in [5.41, 5.74) is 1.88. The second-order valence-corrected chi connectivity index (χ2v) is 8.18. The van der Waals surface area contributed by atoms with E-state index in [0.29, 0.717) is 22.1 Å². The molecule has 0 saturated heterocycles. The maximum Gasteiger partial charge on any atom is 0.269 e. The number of thiazole rings is 1. The van der Waals surface area contributed by atoms with E-state index in [1.807, 2.05) is 0 Å². The van der Waals surface area contributed by atoms with Crippen molar-refractivity contribution in [1.29, 1.82) is 0 Å². The van der Waals surface area contributed by atoms with Gasteiger partial charge in [-0.05, 0) is 29.8 Å². The Morgan fingerprint density at radius 1 is 1.06 bits per heavy atom. The van der Waals surface area contributed by atoms with E-state index < -0.39 is 4.92 Å². The standard InChI is InChI=1S/C20H17FN4O4S2/c21-14-3-5-15(6-4-14)22-19(27)12-30-10-16-11-31-20(23-16)24-18(26)9-13-1-7-17(8-2-13)25(28)29/h1-8,11H,9-10,12H2,(H,22,27)(H,23,24,26). The number of non-ortho nitro benzene ring substituents is 1. The molecule has 0 bridgehead atoms. The van der Waals surface area contributed by atoms with Crippen molar-refractivity contribution in [3.05, 3.63) is 81.1 Å². The van der Waals surface area contributed by atoms with Gasteiger partial charge in [-0.15, -0.1) is 23.1 Å². The normalized spacial score (nSPS) is 10.5. The Morgan fingerprint density at radius 2 is 1.77 bits per heavy atom. The van der Waals surface area contributed by atoms with Crippen LogP contribution in [0.25, 0.3) is 0 Å². The van der Waals surface area contributed by atoms with Crippen molar-refractivity contribution in [2.24, 2.45) is 0 Å². The van der Waals surface area contributed by atoms with Crippen molar-refractivity contribution in [2.45, 2.75) is 12.2 Å². The Balaban J connectivity index is 1.41. The predicted octanol–water partition coefficient (Wildman–Crippen LogP) is 4.24. The van der Waals surface area contributed by atoms with Crippen molar-refractivity contribution >= 4 is 51.4 Å². The van der Waals surface area contributed by atoms with E-state index in [9.17, 15) is 24.1 Å². The van der Waals surface area contributed by atoms with Gasteiger partial charge in [0.15, 0.2) is 5.13 Å². The van der Waals surface area contributed by atoms with Crippen LogP contribution in [0.2, 0.25) is 0 Å². The van der Waals surface area contributed by atoms with Gasteiger partial charge in [0.05, 0.1) is 22.8 Å². The lowest BCUT2D eigenvalue weighted by molar-refractivity contribution is -0.384. The number of aromatic nitrogens is 1. The average Bonchev–Trinajstić information content (AvgIpc) is 3.17. The monoisotopic (exact) mass is 460 g/mol. The highest BCUT2D eigenvalue weighted by molar-refractivity contribution is 7.99. The summed E-state index contributed by atoms with van der Waals surface area (Å²) < 4.78 is 12.9. The van der Waals surface area contributed by atoms with Crippen molar-refractivity contribution in [1.82, 2.24) is 4.98 Å². The van der Waals surface area contributed by atoms with Crippen LogP contribution in [-0.4, -0.2) is 27.5 Å². The van der Waals surface area contributed by atoms with Crippen molar-refractivity contribution in [2.75, 3.05) is 16.4 Å². The molecule has 0 radical (unpaired) electrons. The van der Waals surface area contributed by atoms with E-state index in [1.54, 1.807) is 17.5 Å². The quantitative estimate of drug-likeness (QED) is 0.365. The molecule has 31 heavy (non-hydrogen) atoms. The van der Waals surface area contributed by atoms with Gasteiger partial charge in [0, 0.05) is 29.0 Å². The lowest BCUT2D eigenvalue weighted by Crippen LogP contribution is -2.14. The van der Waals surface area contributed by atoms with Gasteiger partial charge in [0.25, 0.3) is 5.69 Å². The molecule has 2 N–H and O–H groups in total. The maximum absolute atomic E-state index is 12.9. The first-order chi connectivity index (χ1) is 14.9. The molecular formula is C20H17FN4O4S2. The number of hydrogen-bond donors (Lipinski definition) is 2. The number of thioether (sulfide) groups is 1. The van der Waals surface area contributed by atoms with E-state index in [1.165, 1.54) is 59.5 Å². The zero-order valence-electron chi connectivity index (χ0n) is 16.0. The molecule has 1 heterocycles. The summed E-state index contributed by atoms with van der Waals surface area (Å²) in [5, 5.41) is 18.3. The lowest BCUT2D eigenvalue weighted by Gasteiger charge is -2.04. The molecule has 3 aromatic rings. The van der Waals surface area contributed by atoms with Crippen LogP contribution in [-0.2, 0) is 21.8 Å². The zero-order chi connectivity index (χ0) is 22.2. The first-order valence-electron chi connectivity index (χ1n) is 9.00. The molecule has 1 aromatic heterocycles. The molecule has 11 heteroatoms. The number of nitro benzene ring substituents is 1. The summed E-state index contributed by atoms with van der Waals surface area (Å²) >= 11 is 2.64. The number of nitrogens with one attached hydrogen (secondary N) is 2. The van der Waals surface area contributed by atoms with Gasteiger partial charge < -0.3 is 10.6 Å². The minimum Gasteiger partial charge on any atom is -0.325 e. The van der Waals surface area contributed by atoms with Crippen molar-refractivity contribution in [3.63, 3.8) is 0 Å². The van der Waals surface area contributed by atoms with Crippen LogP contribution in [0.15, 0.2) is 53.9 Å². The highest BCUT2D eigenvalue weighted by Crippen LogP contribution is 2.20. The van der Waals surface area contributed by atoms with Gasteiger partial charge in [-0.1, -0.05) is 12.1 Å². The Morgan fingerprint density at radius 3 is 2.45 bits per heavy atom. The summed E-state index contributed by atoms with van der Waals surface area (Å²) in [4.78, 5) is 38.6. The minimum atomic E-state index is -0.495. The molecule has 0 aliphatic carbocycles. The first kappa shape index (κ1) is 22.4. The molecule has 3 rings (SSSR count). The molecule has 160 valence electrons. The van der Waals surface area contributed by atoms with Gasteiger partial charge in [-0.25, -0.2) is 9.37 Å². The van der Waals surface area contributed by atoms with E-state index in [-0.39, 0.29) is 35.5 Å². The number of anilines is 2. The molecule has 2 amide bonds. The Kier molecular flexibility index (Phi) is 7.68. The highest BCUT2D eigenvalue weighted by Gasteiger charge is 2.10. The Labute approximate surface area is 185 Å². The number of nitrogens with zero attached hydrogens (tertiary/aromatic N) is 2. The van der Waals surface area contributed by atoms with Crippen LogP contribution in [0.5, 0.6) is 0 Å². The molecule has 0 fully saturated rings. The molecule has 8 nitrogen and oxygen atoms in total. The lowest BCUT2D eigenvalue weighted by atomic mass is 10.1. The summed E-state index contributed by atoms with van der Waals surface area (Å²) in [6.07, 6.45) is 0.0746. The second-order valence-electron chi connectivity index (χ2n) is 6.34. The molecule has 0 saturated carbocycles. The third kappa shape index (κ3) is 7.15. The third-order valence-corrected chi connectivity index (χ3v) is 5.69. The SMILES string of the molecule is O=C(CSCc1csc(NC(=O)Cc2ccc([N+](=O)[O-])cc2)n1)Nc1ccc(F)cc1. The topological polar surface area (TPSA) is 114 Å². The van der Waals surface area contributed by atoms with E-state index in [0.717, 1.165) is 5.69 Å². The third-order valence-electron chi connectivity index (χ3n) is 3.92. The van der Waals surface area contributed by atoms with E-state index in [2.05, 4.69) is 15.6 Å². The van der Waals surface area contributed by atoms with Crippen molar-refractivity contribution < 1.29 is 18.9 Å². The van der Waals surface area contributed by atoms with Crippen LogP contribution in [0.3, 0.4) is 0 Å². The van der Waals surface area contributed by atoms with Gasteiger partial charge in [0.2, 0.25) is 11.8 Å². The molecule has 0 spiro atoms. The number of halogens is 1. The fourth-order valence-corrected chi connectivity index (χ4v) is 4.04. The minimum absolute atomic E-state index is 0.0300. The number of rotatable bonds is 9. The number of carbonyl (C=O) groups excluding carboxylic acids is 2. The number of nitro groups is 1. The molecule has 0 unspecified atom stereocenters. The molecule has 0 aliphatic rings. The van der Waals surface area contributed by atoms with Crippen LogP contribution in [0, 0.1) is 15.9 Å². The van der Waals surface area contributed by atoms with Crippen LogP contribution >= 0.6 is 23.1 Å². The van der Waals surface area contributed by atoms with Gasteiger partial charge in [-0.3, -0.25) is 19.7 Å². The average molecular weight is 461 g/mol. The molecule has 0 aliphatic heterocycles. The van der Waals surface area contributed by atoms with Crippen molar-refractivity contribution in [3.8, 4) is 0 Å². The summed E-state index contributed by atoms with van der Waals surface area (Å²) in [6, 6.07) is 11.3. The fraction of sp³-hybridized carbons (Fsp3) is 0.150. The number of amides is 2. The van der Waals surface area contributed by atoms with Crippen LogP contribution in [0.1, 0.15) is 11.3 Å². The number of benzene rings is 2. The molecular weight excluding hydrogens is 443 g/mol. The Hall–Kier alpha value is -3.31. The molecule has 2 aromatic carbocycles. The fourth-order valence-electron chi connectivity index (χ4n) is 2.49. The highest BCUT2D eigenvalue weighted by atomic mass is 32.2.